The molecule has 0 saturated carbocycles. The molecule has 0 unspecified atom stereocenters. The summed E-state index contributed by atoms with van der Waals surface area (Å²) < 4.78 is 0. The Kier molecular flexibility index (Phi) is 4.83. The highest BCUT2D eigenvalue weighted by molar-refractivity contribution is 7.12. The van der Waals surface area contributed by atoms with Crippen molar-refractivity contribution in [2.45, 2.75) is 25.5 Å². The number of aliphatic hydroxyl groups is 1. The molecule has 4 nitrogen and oxygen atoms in total. The van der Waals surface area contributed by atoms with Crippen molar-refractivity contribution < 1.29 is 14.7 Å². The molecule has 1 atom stereocenters. The number of carbonyl (C=O) groups excluding carboxylic acids is 2. The fraction of sp³-hybridized carbons (Fsp3) is 0.182. The van der Waals surface area contributed by atoms with Gasteiger partial charge in [0.05, 0.1) is 23.5 Å². The second kappa shape index (κ2) is 7.17. The van der Waals surface area contributed by atoms with Crippen LogP contribution in [0.25, 0.3) is 0 Å². The zero-order chi connectivity index (χ0) is 19.9. The van der Waals surface area contributed by atoms with Gasteiger partial charge in [-0.3, -0.25) is 9.59 Å². The fourth-order valence-corrected chi connectivity index (χ4v) is 4.32. The van der Waals surface area contributed by atoms with Crippen LogP contribution >= 0.6 is 22.9 Å². The topological polar surface area (TPSA) is 57.6 Å². The lowest BCUT2D eigenvalue weighted by molar-refractivity contribution is -0.136. The quantitative estimate of drug-likeness (QED) is 0.618. The predicted octanol–water partition coefficient (Wildman–Crippen LogP) is 4.72. The normalized spacial score (nSPS) is 18.4. The monoisotopic (exact) mass is 411 g/mol. The van der Waals surface area contributed by atoms with Crippen molar-refractivity contribution in [3.05, 3.63) is 86.6 Å². The fourth-order valence-electron chi connectivity index (χ4n) is 3.48. The molecule has 0 fully saturated rings. The number of rotatable bonds is 5. The molecule has 0 saturated heterocycles. The van der Waals surface area contributed by atoms with Crippen molar-refractivity contribution >= 4 is 40.3 Å². The van der Waals surface area contributed by atoms with Crippen molar-refractivity contribution in [3.8, 4) is 0 Å². The Morgan fingerprint density at radius 1 is 1.18 bits per heavy atom. The van der Waals surface area contributed by atoms with E-state index in [9.17, 15) is 14.7 Å². The minimum absolute atomic E-state index is 0.269. The molecule has 0 bridgehead atoms. The Bertz CT molecular complexity index is 1050. The van der Waals surface area contributed by atoms with E-state index in [1.54, 1.807) is 35.7 Å². The molecule has 1 aliphatic heterocycles. The number of fused-ring (bicyclic) bond motifs is 1. The van der Waals surface area contributed by atoms with E-state index in [1.165, 1.54) is 16.2 Å². The molecule has 28 heavy (non-hydrogen) atoms. The van der Waals surface area contributed by atoms with Gasteiger partial charge in [0, 0.05) is 10.6 Å². The maximum atomic E-state index is 13.3. The minimum atomic E-state index is -1.92. The number of thiophene rings is 1. The maximum Gasteiger partial charge on any atom is 0.264 e. The van der Waals surface area contributed by atoms with E-state index >= 15 is 0 Å². The van der Waals surface area contributed by atoms with Crippen LogP contribution in [-0.4, -0.2) is 16.8 Å². The molecule has 1 N–H and O–H groups in total. The summed E-state index contributed by atoms with van der Waals surface area (Å²) in [5.41, 5.74) is 1.10. The highest BCUT2D eigenvalue weighted by Gasteiger charge is 2.51. The Morgan fingerprint density at radius 3 is 2.61 bits per heavy atom. The molecule has 0 radical (unpaired) electrons. The SMILES string of the molecule is Cc1ccc(CN2C(=O)[C@](O)(CC(=O)c3cccs3)c3cc(Cl)ccc32)cc1. The summed E-state index contributed by atoms with van der Waals surface area (Å²) in [4.78, 5) is 28.0. The van der Waals surface area contributed by atoms with Gasteiger partial charge in [-0.1, -0.05) is 47.5 Å². The number of anilines is 1. The van der Waals surface area contributed by atoms with E-state index in [0.29, 0.717) is 27.7 Å². The molecule has 6 heteroatoms. The average Bonchev–Trinajstić information content (AvgIpc) is 3.27. The van der Waals surface area contributed by atoms with E-state index < -0.39 is 11.5 Å². The van der Waals surface area contributed by atoms with Gasteiger partial charge in [-0.15, -0.1) is 11.3 Å². The van der Waals surface area contributed by atoms with Gasteiger partial charge in [0.1, 0.15) is 0 Å². The number of aryl methyl sites for hydroxylation is 1. The van der Waals surface area contributed by atoms with Crippen LogP contribution in [0.3, 0.4) is 0 Å². The Labute approximate surface area is 172 Å². The number of halogens is 1. The Morgan fingerprint density at radius 2 is 1.93 bits per heavy atom. The first kappa shape index (κ1) is 18.9. The van der Waals surface area contributed by atoms with E-state index in [0.717, 1.165) is 11.1 Å². The highest BCUT2D eigenvalue weighted by atomic mass is 35.5. The predicted molar refractivity (Wildman–Crippen MR) is 111 cm³/mol. The third kappa shape index (κ3) is 3.26. The van der Waals surface area contributed by atoms with E-state index in [1.807, 2.05) is 31.2 Å². The van der Waals surface area contributed by atoms with Crippen molar-refractivity contribution in [2.75, 3.05) is 4.90 Å². The second-order valence-electron chi connectivity index (χ2n) is 6.98. The summed E-state index contributed by atoms with van der Waals surface area (Å²) in [6, 6.07) is 16.3. The van der Waals surface area contributed by atoms with Gasteiger partial charge in [0.25, 0.3) is 5.91 Å². The highest BCUT2D eigenvalue weighted by Crippen LogP contribution is 2.44. The van der Waals surface area contributed by atoms with Gasteiger partial charge in [-0.25, -0.2) is 0 Å². The summed E-state index contributed by atoms with van der Waals surface area (Å²) in [5.74, 6) is -0.774. The zero-order valence-corrected chi connectivity index (χ0v) is 16.8. The number of benzene rings is 2. The summed E-state index contributed by atoms with van der Waals surface area (Å²) in [6.07, 6.45) is -0.315. The Hall–Kier alpha value is -2.47. The van der Waals surface area contributed by atoms with Gasteiger partial charge < -0.3 is 10.0 Å². The largest absolute Gasteiger partial charge is 0.375 e. The molecule has 2 aromatic carbocycles. The van der Waals surface area contributed by atoms with Gasteiger partial charge in [0.2, 0.25) is 0 Å². The lowest BCUT2D eigenvalue weighted by Gasteiger charge is -2.22. The molecule has 4 rings (SSSR count). The van der Waals surface area contributed by atoms with Crippen LogP contribution in [0.5, 0.6) is 0 Å². The smallest absolute Gasteiger partial charge is 0.264 e. The molecule has 1 aliphatic rings. The first-order valence-electron chi connectivity index (χ1n) is 8.85. The second-order valence-corrected chi connectivity index (χ2v) is 8.36. The molecule has 142 valence electrons. The van der Waals surface area contributed by atoms with Crippen molar-refractivity contribution in [2.24, 2.45) is 0 Å². The van der Waals surface area contributed by atoms with Crippen molar-refractivity contribution in [1.82, 2.24) is 0 Å². The van der Waals surface area contributed by atoms with Crippen LogP contribution in [0.1, 0.15) is 32.8 Å². The van der Waals surface area contributed by atoms with Crippen LogP contribution in [0.2, 0.25) is 5.02 Å². The number of Topliss-reactive ketones (excluding diaryl/α,β-unsaturated/α-hetero) is 1. The zero-order valence-electron chi connectivity index (χ0n) is 15.2. The van der Waals surface area contributed by atoms with Gasteiger partial charge >= 0.3 is 0 Å². The van der Waals surface area contributed by atoms with Crippen LogP contribution in [-0.2, 0) is 16.9 Å². The summed E-state index contributed by atoms with van der Waals surface area (Å²) in [6.45, 7) is 2.31. The van der Waals surface area contributed by atoms with Crippen LogP contribution in [0.15, 0.2) is 60.0 Å². The molecule has 3 aromatic rings. The van der Waals surface area contributed by atoms with Crippen LogP contribution in [0.4, 0.5) is 5.69 Å². The number of amides is 1. The molecule has 1 aromatic heterocycles. The van der Waals surface area contributed by atoms with Gasteiger partial charge in [-0.05, 0) is 42.1 Å². The maximum absolute atomic E-state index is 13.3. The standard InChI is InChI=1S/C22H18ClNO3S/c1-14-4-6-15(7-5-14)13-24-18-9-8-16(23)11-17(18)22(27,21(24)26)12-19(25)20-3-2-10-28-20/h2-11,27H,12-13H2,1H3/t22-/m0/s1. The number of nitrogens with zero attached hydrogens (tertiary/aromatic N) is 1. The van der Waals surface area contributed by atoms with Crippen LogP contribution in [0, 0.1) is 6.92 Å². The first-order valence-corrected chi connectivity index (χ1v) is 10.1. The van der Waals surface area contributed by atoms with E-state index in [4.69, 9.17) is 11.6 Å². The number of carbonyl (C=O) groups is 2. The number of ketones is 1. The molecular weight excluding hydrogens is 394 g/mol. The van der Waals surface area contributed by atoms with Gasteiger partial charge in [-0.2, -0.15) is 0 Å². The molecule has 1 amide bonds. The van der Waals surface area contributed by atoms with Crippen LogP contribution < -0.4 is 4.90 Å². The average molecular weight is 412 g/mol. The Balaban J connectivity index is 1.72. The summed E-state index contributed by atoms with van der Waals surface area (Å²) >= 11 is 7.43. The lowest BCUT2D eigenvalue weighted by atomic mass is 9.89. The molecule has 2 heterocycles. The van der Waals surface area contributed by atoms with Gasteiger partial charge in [0.15, 0.2) is 11.4 Å². The van der Waals surface area contributed by atoms with Crippen molar-refractivity contribution in [1.29, 1.82) is 0 Å². The third-order valence-electron chi connectivity index (χ3n) is 4.97. The first-order chi connectivity index (χ1) is 13.4. The van der Waals surface area contributed by atoms with Crippen molar-refractivity contribution in [3.63, 3.8) is 0 Å². The van der Waals surface area contributed by atoms with E-state index in [2.05, 4.69) is 0 Å². The molecule has 0 aliphatic carbocycles. The molecular formula is C22H18ClNO3S. The third-order valence-corrected chi connectivity index (χ3v) is 6.11. The number of hydrogen-bond acceptors (Lipinski definition) is 4. The van der Waals surface area contributed by atoms with E-state index in [-0.39, 0.29) is 12.2 Å². The summed E-state index contributed by atoms with van der Waals surface area (Å²) in [5, 5.41) is 13.5. The molecule has 0 spiro atoms. The minimum Gasteiger partial charge on any atom is -0.375 e. The number of hydrogen-bond donors (Lipinski definition) is 1. The lowest BCUT2D eigenvalue weighted by Crippen LogP contribution is -2.41. The summed E-state index contributed by atoms with van der Waals surface area (Å²) in [7, 11) is 0.